The Morgan fingerprint density at radius 1 is 1.31 bits per heavy atom. The highest BCUT2D eigenvalue weighted by molar-refractivity contribution is 6.30. The molecule has 1 atom stereocenters. The maximum Gasteiger partial charge on any atom is 0.255 e. The van der Waals surface area contributed by atoms with E-state index in [9.17, 15) is 4.79 Å². The lowest BCUT2D eigenvalue weighted by atomic mass is 9.97. The first-order valence-electron chi connectivity index (χ1n) is 9.39. The van der Waals surface area contributed by atoms with Gasteiger partial charge in [-0.2, -0.15) is 0 Å². The van der Waals surface area contributed by atoms with E-state index in [0.29, 0.717) is 5.92 Å². The number of aromatic nitrogens is 1. The van der Waals surface area contributed by atoms with Crippen LogP contribution in [0, 0.1) is 12.8 Å². The fourth-order valence-corrected chi connectivity index (χ4v) is 3.93. The van der Waals surface area contributed by atoms with Crippen molar-refractivity contribution in [2.75, 3.05) is 33.2 Å². The number of carbonyl (C=O) groups excluding carboxylic acids is 1. The van der Waals surface area contributed by atoms with E-state index < -0.39 is 0 Å². The van der Waals surface area contributed by atoms with E-state index in [1.165, 1.54) is 18.4 Å². The van der Waals surface area contributed by atoms with Crippen LogP contribution in [0.5, 0.6) is 0 Å². The van der Waals surface area contributed by atoms with Gasteiger partial charge in [-0.25, -0.2) is 0 Å². The molecule has 0 spiro atoms. The summed E-state index contributed by atoms with van der Waals surface area (Å²) >= 11 is 5.96. The van der Waals surface area contributed by atoms with Crippen molar-refractivity contribution in [2.24, 2.45) is 5.92 Å². The number of amides is 1. The van der Waals surface area contributed by atoms with Crippen molar-refractivity contribution in [3.8, 4) is 0 Å². The van der Waals surface area contributed by atoms with Gasteiger partial charge < -0.3 is 14.8 Å². The average Bonchev–Trinajstić information content (AvgIpc) is 3.07. The molecule has 0 radical (unpaired) electrons. The van der Waals surface area contributed by atoms with Crippen molar-refractivity contribution >= 4 is 17.5 Å². The maximum absolute atomic E-state index is 12.6. The largest absolute Gasteiger partial charge is 0.365 e. The van der Waals surface area contributed by atoms with Gasteiger partial charge in [-0.1, -0.05) is 23.7 Å². The summed E-state index contributed by atoms with van der Waals surface area (Å²) in [6.07, 6.45) is 5.27. The summed E-state index contributed by atoms with van der Waals surface area (Å²) in [6, 6.07) is 10.00. The van der Waals surface area contributed by atoms with Crippen LogP contribution in [-0.4, -0.2) is 53.9 Å². The molecule has 1 amide bonds. The SMILES string of the molecule is Cc1[nH]ccc1C(=O)N(C)CC1CCCN(CCc2ccc(Cl)cc2)C1. The van der Waals surface area contributed by atoms with E-state index in [-0.39, 0.29) is 5.91 Å². The van der Waals surface area contributed by atoms with Crippen molar-refractivity contribution in [1.82, 2.24) is 14.8 Å². The smallest absolute Gasteiger partial charge is 0.255 e. The van der Waals surface area contributed by atoms with Gasteiger partial charge in [-0.05, 0) is 62.4 Å². The lowest BCUT2D eigenvalue weighted by Gasteiger charge is -2.34. The zero-order valence-corrected chi connectivity index (χ0v) is 16.4. The average molecular weight is 374 g/mol. The molecule has 26 heavy (non-hydrogen) atoms. The molecule has 1 fully saturated rings. The van der Waals surface area contributed by atoms with Crippen LogP contribution in [0.3, 0.4) is 0 Å². The maximum atomic E-state index is 12.6. The van der Waals surface area contributed by atoms with Crippen LogP contribution in [0.2, 0.25) is 5.02 Å². The van der Waals surface area contributed by atoms with E-state index in [1.807, 2.05) is 43.3 Å². The number of hydrogen-bond acceptors (Lipinski definition) is 2. The van der Waals surface area contributed by atoms with Crippen molar-refractivity contribution < 1.29 is 4.79 Å². The number of likely N-dealkylation sites (tertiary alicyclic amines) is 1. The van der Waals surface area contributed by atoms with E-state index in [2.05, 4.69) is 22.0 Å². The third kappa shape index (κ3) is 4.89. The zero-order chi connectivity index (χ0) is 18.5. The van der Waals surface area contributed by atoms with Crippen LogP contribution in [0.4, 0.5) is 0 Å². The van der Waals surface area contributed by atoms with E-state index in [0.717, 1.165) is 48.9 Å². The highest BCUT2D eigenvalue weighted by Gasteiger charge is 2.23. The molecule has 1 aliphatic rings. The Labute approximate surface area is 161 Å². The summed E-state index contributed by atoms with van der Waals surface area (Å²) in [4.78, 5) is 20.1. The number of nitrogens with one attached hydrogen (secondary N) is 1. The van der Waals surface area contributed by atoms with Gasteiger partial charge >= 0.3 is 0 Å². The summed E-state index contributed by atoms with van der Waals surface area (Å²) < 4.78 is 0. The van der Waals surface area contributed by atoms with Crippen LogP contribution >= 0.6 is 11.6 Å². The number of piperidine rings is 1. The number of rotatable bonds is 6. The molecular weight excluding hydrogens is 346 g/mol. The molecular formula is C21H28ClN3O. The predicted octanol–water partition coefficient (Wildman–Crippen LogP) is 4.00. The molecule has 0 bridgehead atoms. The van der Waals surface area contributed by atoms with Gasteiger partial charge in [0.2, 0.25) is 0 Å². The molecule has 1 saturated heterocycles. The molecule has 0 aliphatic carbocycles. The second-order valence-corrected chi connectivity index (χ2v) is 7.82. The first-order chi connectivity index (χ1) is 12.5. The number of aryl methyl sites for hydroxylation is 1. The Morgan fingerprint density at radius 2 is 2.08 bits per heavy atom. The van der Waals surface area contributed by atoms with E-state index in [4.69, 9.17) is 11.6 Å². The molecule has 3 rings (SSSR count). The molecule has 2 heterocycles. The first-order valence-corrected chi connectivity index (χ1v) is 9.77. The third-order valence-electron chi connectivity index (χ3n) is 5.30. The zero-order valence-electron chi connectivity index (χ0n) is 15.7. The van der Waals surface area contributed by atoms with Crippen LogP contribution in [0.15, 0.2) is 36.5 Å². The predicted molar refractivity (Wildman–Crippen MR) is 107 cm³/mol. The minimum atomic E-state index is 0.113. The van der Waals surface area contributed by atoms with Gasteiger partial charge in [-0.15, -0.1) is 0 Å². The fourth-order valence-electron chi connectivity index (χ4n) is 3.80. The molecule has 2 aromatic rings. The molecule has 140 valence electrons. The molecule has 1 aliphatic heterocycles. The molecule has 4 nitrogen and oxygen atoms in total. The topological polar surface area (TPSA) is 39.3 Å². The molecule has 1 aromatic heterocycles. The van der Waals surface area contributed by atoms with Gasteiger partial charge in [0.1, 0.15) is 0 Å². The highest BCUT2D eigenvalue weighted by atomic mass is 35.5. The summed E-state index contributed by atoms with van der Waals surface area (Å²) in [5.74, 6) is 0.657. The van der Waals surface area contributed by atoms with Gasteiger partial charge in [0.05, 0.1) is 5.56 Å². The van der Waals surface area contributed by atoms with Crippen molar-refractivity contribution in [1.29, 1.82) is 0 Å². The van der Waals surface area contributed by atoms with Crippen molar-refractivity contribution in [2.45, 2.75) is 26.2 Å². The normalized spacial score (nSPS) is 18.0. The van der Waals surface area contributed by atoms with Gasteiger partial charge in [0, 0.05) is 43.6 Å². The van der Waals surface area contributed by atoms with Crippen LogP contribution < -0.4 is 0 Å². The Balaban J connectivity index is 1.49. The number of halogens is 1. The minimum Gasteiger partial charge on any atom is -0.365 e. The summed E-state index contributed by atoms with van der Waals surface area (Å²) in [6.45, 7) is 6.05. The molecule has 1 unspecified atom stereocenters. The Morgan fingerprint density at radius 3 is 2.77 bits per heavy atom. The number of benzene rings is 1. The number of nitrogens with zero attached hydrogens (tertiary/aromatic N) is 2. The van der Waals surface area contributed by atoms with Gasteiger partial charge in [-0.3, -0.25) is 4.79 Å². The molecule has 1 N–H and O–H groups in total. The van der Waals surface area contributed by atoms with E-state index in [1.54, 1.807) is 0 Å². The standard InChI is InChI=1S/C21H28ClN3O/c1-16-20(9-11-23-16)21(26)24(2)14-18-4-3-12-25(15-18)13-10-17-5-7-19(22)8-6-17/h5-9,11,18,23H,3-4,10,12-15H2,1-2H3. The lowest BCUT2D eigenvalue weighted by molar-refractivity contribution is 0.0730. The second-order valence-electron chi connectivity index (χ2n) is 7.39. The number of carbonyl (C=O) groups is 1. The van der Waals surface area contributed by atoms with Crippen molar-refractivity contribution in [3.63, 3.8) is 0 Å². The Bertz CT molecular complexity index is 725. The number of aromatic amines is 1. The molecule has 5 heteroatoms. The quantitative estimate of drug-likeness (QED) is 0.831. The summed E-state index contributed by atoms with van der Waals surface area (Å²) in [7, 11) is 1.92. The summed E-state index contributed by atoms with van der Waals surface area (Å²) in [5.41, 5.74) is 3.05. The van der Waals surface area contributed by atoms with Crippen LogP contribution in [-0.2, 0) is 6.42 Å². The van der Waals surface area contributed by atoms with E-state index >= 15 is 0 Å². The lowest BCUT2D eigenvalue weighted by Crippen LogP contribution is -2.42. The Kier molecular flexibility index (Phi) is 6.38. The van der Waals surface area contributed by atoms with Gasteiger partial charge in [0.15, 0.2) is 0 Å². The fraction of sp³-hybridized carbons (Fsp3) is 0.476. The number of hydrogen-bond donors (Lipinski definition) is 1. The highest BCUT2D eigenvalue weighted by Crippen LogP contribution is 2.19. The van der Waals surface area contributed by atoms with Crippen molar-refractivity contribution in [3.05, 3.63) is 58.4 Å². The Hall–Kier alpha value is -1.78. The van der Waals surface area contributed by atoms with Crippen LogP contribution in [0.25, 0.3) is 0 Å². The third-order valence-corrected chi connectivity index (χ3v) is 5.55. The first kappa shape index (κ1) is 19.0. The second kappa shape index (κ2) is 8.74. The number of H-pyrrole nitrogens is 1. The summed E-state index contributed by atoms with van der Waals surface area (Å²) in [5, 5.41) is 0.789. The van der Waals surface area contributed by atoms with Gasteiger partial charge in [0.25, 0.3) is 5.91 Å². The van der Waals surface area contributed by atoms with Crippen LogP contribution in [0.1, 0.15) is 34.5 Å². The molecule has 1 aromatic carbocycles. The minimum absolute atomic E-state index is 0.113. The monoisotopic (exact) mass is 373 g/mol. The molecule has 0 saturated carbocycles.